The molecule has 2 aromatic heterocycles. The van der Waals surface area contributed by atoms with E-state index in [2.05, 4.69) is 26.3 Å². The van der Waals surface area contributed by atoms with Gasteiger partial charge in [-0.2, -0.15) is 5.10 Å². The van der Waals surface area contributed by atoms with E-state index in [0.717, 1.165) is 0 Å². The molecule has 3 amide bonds. The van der Waals surface area contributed by atoms with Gasteiger partial charge in [0.2, 0.25) is 0 Å². The van der Waals surface area contributed by atoms with Crippen molar-refractivity contribution in [2.24, 2.45) is 0 Å². The number of urea groups is 1. The van der Waals surface area contributed by atoms with Crippen LogP contribution in [0.5, 0.6) is 0 Å². The van der Waals surface area contributed by atoms with Crippen molar-refractivity contribution < 1.29 is 19.1 Å². The Labute approximate surface area is 158 Å². The molecule has 2 heterocycles. The van der Waals surface area contributed by atoms with Crippen LogP contribution in [-0.2, 0) is 9.53 Å². The summed E-state index contributed by atoms with van der Waals surface area (Å²) in [6, 6.07) is 1.96. The molecule has 0 radical (unpaired) electrons. The standard InChI is InChI=1S/C12H8BrCl3N4O4/c1-24-9(21)8-5(4-7(13)20-6(8)2-3-17-20)18-11(23)19-10(22)12(14,15)16/h2-4H,1H3,(H2,18,19,22,23). The lowest BCUT2D eigenvalue weighted by molar-refractivity contribution is -0.119. The maximum Gasteiger partial charge on any atom is 0.342 e. The molecule has 0 saturated carbocycles. The Morgan fingerprint density at radius 3 is 2.58 bits per heavy atom. The Kier molecular flexibility index (Phi) is 5.59. The summed E-state index contributed by atoms with van der Waals surface area (Å²) in [5.41, 5.74) is 0.477. The fraction of sp³-hybridized carbons (Fsp3) is 0.167. The highest BCUT2D eigenvalue weighted by atomic mass is 79.9. The molecule has 128 valence electrons. The van der Waals surface area contributed by atoms with Crippen LogP contribution in [0.4, 0.5) is 10.5 Å². The number of anilines is 1. The minimum absolute atomic E-state index is 0.0367. The van der Waals surface area contributed by atoms with Crippen LogP contribution < -0.4 is 10.6 Å². The number of carbonyl (C=O) groups excluding carboxylic acids is 3. The number of methoxy groups -OCH3 is 1. The van der Waals surface area contributed by atoms with E-state index in [1.54, 1.807) is 6.07 Å². The summed E-state index contributed by atoms with van der Waals surface area (Å²) in [6.45, 7) is 0. The zero-order valence-corrected chi connectivity index (χ0v) is 15.6. The van der Waals surface area contributed by atoms with Crippen LogP contribution in [0.3, 0.4) is 0 Å². The molecule has 2 N–H and O–H groups in total. The molecule has 24 heavy (non-hydrogen) atoms. The van der Waals surface area contributed by atoms with E-state index < -0.39 is 21.7 Å². The van der Waals surface area contributed by atoms with Crippen molar-refractivity contribution in [1.29, 1.82) is 0 Å². The van der Waals surface area contributed by atoms with Crippen molar-refractivity contribution in [2.45, 2.75) is 3.79 Å². The minimum Gasteiger partial charge on any atom is -0.465 e. The first-order valence-electron chi connectivity index (χ1n) is 6.09. The number of nitrogens with zero attached hydrogens (tertiary/aromatic N) is 2. The second kappa shape index (κ2) is 7.14. The third-order valence-corrected chi connectivity index (χ3v) is 3.84. The average molecular weight is 458 g/mol. The van der Waals surface area contributed by atoms with E-state index in [1.165, 1.54) is 23.9 Å². The second-order valence-corrected chi connectivity index (χ2v) is 7.38. The fourth-order valence-corrected chi connectivity index (χ4v) is 2.45. The van der Waals surface area contributed by atoms with E-state index in [4.69, 9.17) is 39.5 Å². The van der Waals surface area contributed by atoms with Gasteiger partial charge >= 0.3 is 12.0 Å². The maximum atomic E-state index is 12.0. The van der Waals surface area contributed by atoms with Gasteiger partial charge in [-0.25, -0.2) is 14.1 Å². The third kappa shape index (κ3) is 3.92. The molecule has 0 atom stereocenters. The van der Waals surface area contributed by atoms with E-state index in [0.29, 0.717) is 10.1 Å². The molecule has 0 bridgehead atoms. The monoisotopic (exact) mass is 456 g/mol. The van der Waals surface area contributed by atoms with Gasteiger partial charge in [-0.05, 0) is 28.1 Å². The highest BCUT2D eigenvalue weighted by Crippen LogP contribution is 2.28. The molecule has 12 heteroatoms. The van der Waals surface area contributed by atoms with Gasteiger partial charge in [-0.1, -0.05) is 34.8 Å². The summed E-state index contributed by atoms with van der Waals surface area (Å²) < 4.78 is 4.27. The van der Waals surface area contributed by atoms with Crippen LogP contribution in [0.2, 0.25) is 0 Å². The first kappa shape index (κ1) is 18.8. The topological polar surface area (TPSA) is 102 Å². The number of ether oxygens (including phenoxy) is 1. The van der Waals surface area contributed by atoms with E-state index in [1.807, 2.05) is 5.32 Å². The number of amides is 3. The number of carbonyl (C=O) groups is 3. The zero-order chi connectivity index (χ0) is 18.1. The van der Waals surface area contributed by atoms with Crippen molar-refractivity contribution in [2.75, 3.05) is 12.4 Å². The Morgan fingerprint density at radius 1 is 1.33 bits per heavy atom. The number of nitrogens with one attached hydrogen (secondary N) is 2. The quantitative estimate of drug-likeness (QED) is 0.409. The summed E-state index contributed by atoms with van der Waals surface area (Å²) in [6.07, 6.45) is 1.46. The molecule has 0 saturated heterocycles. The van der Waals surface area contributed by atoms with Gasteiger partial charge in [-0.15, -0.1) is 0 Å². The van der Waals surface area contributed by atoms with Gasteiger partial charge < -0.3 is 10.1 Å². The summed E-state index contributed by atoms with van der Waals surface area (Å²) >= 11 is 19.4. The zero-order valence-electron chi connectivity index (χ0n) is 11.8. The van der Waals surface area contributed by atoms with Crippen molar-refractivity contribution in [3.63, 3.8) is 0 Å². The van der Waals surface area contributed by atoms with E-state index in [9.17, 15) is 14.4 Å². The van der Waals surface area contributed by atoms with Crippen LogP contribution >= 0.6 is 50.7 Å². The molecule has 0 aromatic carbocycles. The lowest BCUT2D eigenvalue weighted by Crippen LogP contribution is -2.41. The molecule has 0 unspecified atom stereocenters. The van der Waals surface area contributed by atoms with E-state index in [-0.39, 0.29) is 11.3 Å². The fourth-order valence-electron chi connectivity index (χ4n) is 1.80. The molecule has 0 aliphatic rings. The molecular weight excluding hydrogens is 450 g/mol. The van der Waals surface area contributed by atoms with Crippen LogP contribution in [0.15, 0.2) is 22.9 Å². The van der Waals surface area contributed by atoms with Crippen LogP contribution in [0, 0.1) is 0 Å². The molecule has 0 aliphatic carbocycles. The predicted molar refractivity (Wildman–Crippen MR) is 91.7 cm³/mol. The maximum absolute atomic E-state index is 12.0. The first-order valence-corrected chi connectivity index (χ1v) is 8.01. The number of alkyl halides is 3. The van der Waals surface area contributed by atoms with E-state index >= 15 is 0 Å². The lowest BCUT2D eigenvalue weighted by atomic mass is 10.2. The molecule has 2 aromatic rings. The predicted octanol–water partition coefficient (Wildman–Crippen LogP) is 2.90. The van der Waals surface area contributed by atoms with Gasteiger partial charge in [-0.3, -0.25) is 10.1 Å². The minimum atomic E-state index is -2.31. The highest BCUT2D eigenvalue weighted by molar-refractivity contribution is 9.10. The van der Waals surface area contributed by atoms with Gasteiger partial charge in [0.25, 0.3) is 9.70 Å². The van der Waals surface area contributed by atoms with Crippen LogP contribution in [0.25, 0.3) is 5.52 Å². The Bertz CT molecular complexity index is 834. The highest BCUT2D eigenvalue weighted by Gasteiger charge is 2.32. The average Bonchev–Trinajstić information content (AvgIpc) is 2.95. The second-order valence-electron chi connectivity index (χ2n) is 4.28. The van der Waals surface area contributed by atoms with Crippen LogP contribution in [0.1, 0.15) is 10.4 Å². The van der Waals surface area contributed by atoms with Crippen molar-refractivity contribution in [1.82, 2.24) is 14.9 Å². The molecule has 2 rings (SSSR count). The molecular formula is C12H8BrCl3N4O4. The molecule has 0 fully saturated rings. The Hall–Kier alpha value is -1.55. The SMILES string of the molecule is COC(=O)c1c(NC(=O)NC(=O)C(Cl)(Cl)Cl)cc(Br)n2nccc12. The number of aromatic nitrogens is 2. The number of rotatable bonds is 2. The van der Waals surface area contributed by atoms with Crippen molar-refractivity contribution >= 4 is 79.8 Å². The molecule has 8 nitrogen and oxygen atoms in total. The number of esters is 1. The van der Waals surface area contributed by atoms with Gasteiger partial charge in [0.15, 0.2) is 0 Å². The smallest absolute Gasteiger partial charge is 0.342 e. The summed E-state index contributed by atoms with van der Waals surface area (Å²) in [4.78, 5) is 35.4. The lowest BCUT2D eigenvalue weighted by Gasteiger charge is -2.14. The summed E-state index contributed by atoms with van der Waals surface area (Å²) in [5, 5.41) is 8.20. The van der Waals surface area contributed by atoms with Crippen molar-refractivity contribution in [3.8, 4) is 0 Å². The third-order valence-electron chi connectivity index (χ3n) is 2.76. The van der Waals surface area contributed by atoms with Crippen LogP contribution in [-0.4, -0.2) is 38.4 Å². The first-order chi connectivity index (χ1) is 11.1. The number of hydrogen-bond acceptors (Lipinski definition) is 5. The van der Waals surface area contributed by atoms with Gasteiger partial charge in [0.05, 0.1) is 24.5 Å². The van der Waals surface area contributed by atoms with Gasteiger partial charge in [0.1, 0.15) is 10.2 Å². The number of hydrogen-bond donors (Lipinski definition) is 2. The number of pyridine rings is 1. The largest absolute Gasteiger partial charge is 0.465 e. The number of halogens is 4. The van der Waals surface area contributed by atoms with Gasteiger partial charge in [0, 0.05) is 0 Å². The molecule has 0 aliphatic heterocycles. The normalized spacial score (nSPS) is 11.2. The summed E-state index contributed by atoms with van der Waals surface area (Å²) in [5.74, 6) is -1.86. The molecule has 0 spiro atoms. The van der Waals surface area contributed by atoms with Crippen molar-refractivity contribution in [3.05, 3.63) is 28.5 Å². The number of fused-ring (bicyclic) bond motifs is 1. The number of imide groups is 1. The Balaban J connectivity index is 2.39. The summed E-state index contributed by atoms with van der Waals surface area (Å²) in [7, 11) is 1.19. The Morgan fingerprint density at radius 2 is 2.00 bits per heavy atom.